The molecule has 0 aromatic heterocycles. The van der Waals surface area contributed by atoms with Crippen LogP contribution in [0.1, 0.15) is 15.9 Å². The van der Waals surface area contributed by atoms with Crippen molar-refractivity contribution >= 4 is 11.9 Å². The van der Waals surface area contributed by atoms with Gasteiger partial charge in [-0.1, -0.05) is 0 Å². The predicted molar refractivity (Wildman–Crippen MR) is 101 cm³/mol. The summed E-state index contributed by atoms with van der Waals surface area (Å²) in [6.45, 7) is 0. The number of allylic oxidation sites excluding steroid dienone is 1. The van der Waals surface area contributed by atoms with Crippen molar-refractivity contribution < 1.29 is 33.6 Å². The highest BCUT2D eigenvalue weighted by Crippen LogP contribution is 2.39. The smallest absolute Gasteiger partial charge is 0.203 e. The van der Waals surface area contributed by atoms with Gasteiger partial charge in [0.25, 0.3) is 0 Å². The van der Waals surface area contributed by atoms with Crippen molar-refractivity contribution in [3.05, 3.63) is 41.5 Å². The SMILES string of the molecule is COc1cc(O)c(/C=C\C(=O)c2cc(OC)c(OC)c(OC)c2)c(OC)c1. The molecule has 0 aliphatic heterocycles. The minimum absolute atomic E-state index is 0.0693. The van der Waals surface area contributed by atoms with Gasteiger partial charge in [0, 0.05) is 17.7 Å². The van der Waals surface area contributed by atoms with Crippen molar-refractivity contribution in [1.29, 1.82) is 0 Å². The zero-order valence-electron chi connectivity index (χ0n) is 15.9. The summed E-state index contributed by atoms with van der Waals surface area (Å²) in [6.07, 6.45) is 2.80. The molecule has 0 saturated heterocycles. The summed E-state index contributed by atoms with van der Waals surface area (Å²) in [4.78, 5) is 12.6. The van der Waals surface area contributed by atoms with Gasteiger partial charge < -0.3 is 28.8 Å². The van der Waals surface area contributed by atoms with E-state index in [-0.39, 0.29) is 11.5 Å². The van der Waals surface area contributed by atoms with E-state index in [1.165, 1.54) is 53.8 Å². The second-order valence-corrected chi connectivity index (χ2v) is 5.37. The number of rotatable bonds is 8. The summed E-state index contributed by atoms with van der Waals surface area (Å²) in [7, 11) is 7.38. The van der Waals surface area contributed by atoms with Crippen LogP contribution in [-0.4, -0.2) is 46.4 Å². The molecule has 0 aliphatic carbocycles. The van der Waals surface area contributed by atoms with Gasteiger partial charge in [-0.05, 0) is 24.3 Å². The van der Waals surface area contributed by atoms with Crippen molar-refractivity contribution in [2.75, 3.05) is 35.5 Å². The highest BCUT2D eigenvalue weighted by Gasteiger charge is 2.16. The Balaban J connectivity index is 2.40. The second kappa shape index (κ2) is 8.84. The molecule has 144 valence electrons. The van der Waals surface area contributed by atoms with Crippen LogP contribution in [0.4, 0.5) is 0 Å². The van der Waals surface area contributed by atoms with E-state index in [1.54, 1.807) is 18.2 Å². The normalized spacial score (nSPS) is 10.6. The number of hydrogen-bond acceptors (Lipinski definition) is 7. The first kappa shape index (κ1) is 20.0. The lowest BCUT2D eigenvalue weighted by atomic mass is 10.1. The van der Waals surface area contributed by atoms with Crippen LogP contribution in [0.15, 0.2) is 30.3 Å². The Morgan fingerprint density at radius 2 is 1.41 bits per heavy atom. The minimum Gasteiger partial charge on any atom is -0.507 e. The summed E-state index contributed by atoms with van der Waals surface area (Å²) in [5.74, 6) is 1.58. The summed E-state index contributed by atoms with van der Waals surface area (Å²) >= 11 is 0. The first-order chi connectivity index (χ1) is 13.0. The van der Waals surface area contributed by atoms with Crippen LogP contribution in [0.5, 0.6) is 34.5 Å². The average molecular weight is 374 g/mol. The molecule has 0 aliphatic rings. The van der Waals surface area contributed by atoms with Gasteiger partial charge in [0.1, 0.15) is 17.2 Å². The Morgan fingerprint density at radius 3 is 1.89 bits per heavy atom. The van der Waals surface area contributed by atoms with Gasteiger partial charge in [-0.15, -0.1) is 0 Å². The maximum atomic E-state index is 12.6. The van der Waals surface area contributed by atoms with Gasteiger partial charge in [-0.2, -0.15) is 0 Å². The van der Waals surface area contributed by atoms with Crippen molar-refractivity contribution in [1.82, 2.24) is 0 Å². The van der Waals surface area contributed by atoms with Crippen LogP contribution >= 0.6 is 0 Å². The van der Waals surface area contributed by atoms with Crippen molar-refractivity contribution in [3.63, 3.8) is 0 Å². The van der Waals surface area contributed by atoms with Gasteiger partial charge in [-0.25, -0.2) is 0 Å². The Kier molecular flexibility index (Phi) is 6.54. The van der Waals surface area contributed by atoms with E-state index in [4.69, 9.17) is 23.7 Å². The largest absolute Gasteiger partial charge is 0.507 e. The molecular formula is C20H22O7. The number of phenolic OH excluding ortho intramolecular Hbond substituents is 1. The average Bonchev–Trinajstić information content (AvgIpc) is 2.70. The molecule has 7 nitrogen and oxygen atoms in total. The zero-order chi connectivity index (χ0) is 20.0. The fourth-order valence-electron chi connectivity index (χ4n) is 2.52. The molecule has 0 fully saturated rings. The fourth-order valence-corrected chi connectivity index (χ4v) is 2.52. The van der Waals surface area contributed by atoms with Gasteiger partial charge in [0.15, 0.2) is 17.3 Å². The fraction of sp³-hybridized carbons (Fsp3) is 0.250. The van der Waals surface area contributed by atoms with Crippen LogP contribution in [0, 0.1) is 0 Å². The number of carbonyl (C=O) groups excluding carboxylic acids is 1. The molecular weight excluding hydrogens is 352 g/mol. The minimum atomic E-state index is -0.313. The highest BCUT2D eigenvalue weighted by atomic mass is 16.5. The van der Waals surface area contributed by atoms with Crippen molar-refractivity contribution in [2.24, 2.45) is 0 Å². The molecule has 0 bridgehead atoms. The molecule has 2 aromatic carbocycles. The Bertz CT molecular complexity index is 831. The first-order valence-corrected chi connectivity index (χ1v) is 7.96. The lowest BCUT2D eigenvalue weighted by Gasteiger charge is -2.13. The van der Waals surface area contributed by atoms with Gasteiger partial charge >= 0.3 is 0 Å². The van der Waals surface area contributed by atoms with E-state index in [9.17, 15) is 9.90 Å². The third-order valence-corrected chi connectivity index (χ3v) is 3.90. The van der Waals surface area contributed by atoms with E-state index in [0.717, 1.165) is 0 Å². The van der Waals surface area contributed by atoms with Crippen molar-refractivity contribution in [3.8, 4) is 34.5 Å². The Labute approximate surface area is 157 Å². The van der Waals surface area contributed by atoms with Crippen LogP contribution in [-0.2, 0) is 0 Å². The quantitative estimate of drug-likeness (QED) is 0.560. The molecule has 27 heavy (non-hydrogen) atoms. The molecule has 0 spiro atoms. The molecule has 0 atom stereocenters. The summed E-state index contributed by atoms with van der Waals surface area (Å²) < 4.78 is 26.1. The van der Waals surface area contributed by atoms with Gasteiger partial charge in [0.05, 0.1) is 41.1 Å². The Hall–Kier alpha value is -3.35. The lowest BCUT2D eigenvalue weighted by molar-refractivity contribution is 0.104. The molecule has 0 radical (unpaired) electrons. The van der Waals surface area contributed by atoms with Crippen molar-refractivity contribution in [2.45, 2.75) is 0 Å². The van der Waals surface area contributed by atoms with E-state index >= 15 is 0 Å². The lowest BCUT2D eigenvalue weighted by Crippen LogP contribution is -2.00. The number of phenols is 1. The summed E-state index contributed by atoms with van der Waals surface area (Å²) in [6, 6.07) is 6.16. The molecule has 0 heterocycles. The Morgan fingerprint density at radius 1 is 0.815 bits per heavy atom. The highest BCUT2D eigenvalue weighted by molar-refractivity contribution is 6.07. The van der Waals surface area contributed by atoms with E-state index in [2.05, 4.69) is 0 Å². The summed E-state index contributed by atoms with van der Waals surface area (Å²) in [5.41, 5.74) is 0.701. The van der Waals surface area contributed by atoms with E-state index in [1.807, 2.05) is 0 Å². The molecule has 2 rings (SSSR count). The zero-order valence-corrected chi connectivity index (χ0v) is 15.9. The van der Waals surface area contributed by atoms with Gasteiger partial charge in [-0.3, -0.25) is 4.79 Å². The van der Waals surface area contributed by atoms with E-state index in [0.29, 0.717) is 39.9 Å². The number of ether oxygens (including phenoxy) is 5. The number of methoxy groups -OCH3 is 5. The number of aromatic hydroxyl groups is 1. The molecule has 0 unspecified atom stereocenters. The van der Waals surface area contributed by atoms with Crippen LogP contribution in [0.2, 0.25) is 0 Å². The standard InChI is InChI=1S/C20H22O7/c1-23-13-10-16(22)14(17(11-13)24-2)6-7-15(21)12-8-18(25-3)20(27-5)19(9-12)26-4/h6-11,22H,1-5H3/b7-6-. The second-order valence-electron chi connectivity index (χ2n) is 5.37. The van der Waals surface area contributed by atoms with Crippen LogP contribution in [0.3, 0.4) is 0 Å². The number of carbonyl (C=O) groups is 1. The van der Waals surface area contributed by atoms with Crippen LogP contribution in [0.25, 0.3) is 6.08 Å². The van der Waals surface area contributed by atoms with Gasteiger partial charge in [0.2, 0.25) is 5.75 Å². The number of benzene rings is 2. The topological polar surface area (TPSA) is 83.5 Å². The monoisotopic (exact) mass is 374 g/mol. The third kappa shape index (κ3) is 4.25. The van der Waals surface area contributed by atoms with Crippen LogP contribution < -0.4 is 23.7 Å². The number of hydrogen-bond donors (Lipinski definition) is 1. The molecule has 1 N–H and O–H groups in total. The van der Waals surface area contributed by atoms with E-state index < -0.39 is 0 Å². The maximum absolute atomic E-state index is 12.6. The molecule has 0 saturated carbocycles. The third-order valence-electron chi connectivity index (χ3n) is 3.90. The molecule has 2 aromatic rings. The predicted octanol–water partition coefficient (Wildman–Crippen LogP) is 3.33. The molecule has 0 amide bonds. The number of ketones is 1. The summed E-state index contributed by atoms with van der Waals surface area (Å²) in [5, 5.41) is 10.2. The maximum Gasteiger partial charge on any atom is 0.203 e. The first-order valence-electron chi connectivity index (χ1n) is 7.96. The molecule has 7 heteroatoms.